The number of fused-ring (bicyclic) bond motifs is 3. The summed E-state index contributed by atoms with van der Waals surface area (Å²) in [4.78, 5) is 0. The molecule has 0 aromatic heterocycles. The van der Waals surface area contributed by atoms with Crippen molar-refractivity contribution < 1.29 is 0 Å². The Kier molecular flexibility index (Phi) is 2.60. The molecule has 0 aliphatic heterocycles. The molecule has 0 spiro atoms. The van der Waals surface area contributed by atoms with E-state index in [1.165, 1.54) is 26.5 Å². The van der Waals surface area contributed by atoms with Crippen LogP contribution < -0.4 is 4.24 Å². The third kappa shape index (κ3) is 1.55. The van der Waals surface area contributed by atoms with E-state index in [0.29, 0.717) is 5.92 Å². The van der Waals surface area contributed by atoms with Crippen LogP contribution in [0.4, 0.5) is 0 Å². The molecule has 2 aromatic rings. The monoisotopic (exact) mass is 210 g/mol. The van der Waals surface area contributed by atoms with Crippen molar-refractivity contribution in [3.63, 3.8) is 0 Å². The SMILES string of the molecule is [Li][c]1cccc2c1C(CC#C)c1ccccc1-2. The number of hydrogen-bond donors (Lipinski definition) is 0. The van der Waals surface area contributed by atoms with E-state index in [9.17, 15) is 0 Å². The Bertz CT molecular complexity index is 620. The van der Waals surface area contributed by atoms with Gasteiger partial charge in [-0.1, -0.05) is 0 Å². The first-order valence-electron chi connectivity index (χ1n) is 5.95. The quantitative estimate of drug-likeness (QED) is 0.501. The van der Waals surface area contributed by atoms with Crippen LogP contribution in [0.1, 0.15) is 23.5 Å². The van der Waals surface area contributed by atoms with Gasteiger partial charge in [0.15, 0.2) is 0 Å². The molecule has 2 aromatic carbocycles. The summed E-state index contributed by atoms with van der Waals surface area (Å²) >= 11 is 2.17. The van der Waals surface area contributed by atoms with Crippen molar-refractivity contribution in [3.8, 4) is 23.5 Å². The van der Waals surface area contributed by atoms with Gasteiger partial charge in [-0.25, -0.2) is 0 Å². The van der Waals surface area contributed by atoms with Gasteiger partial charge in [0, 0.05) is 0 Å². The second-order valence-corrected chi connectivity index (χ2v) is 4.58. The molecular weight excluding hydrogens is 199 g/mol. The van der Waals surface area contributed by atoms with Gasteiger partial charge in [0.1, 0.15) is 0 Å². The minimum absolute atomic E-state index is 0.382. The van der Waals surface area contributed by atoms with Crippen LogP contribution in [-0.4, -0.2) is 17.7 Å². The zero-order chi connectivity index (χ0) is 11.8. The van der Waals surface area contributed by atoms with Crippen molar-refractivity contribution in [2.75, 3.05) is 0 Å². The van der Waals surface area contributed by atoms with Crippen molar-refractivity contribution in [1.82, 2.24) is 0 Å². The van der Waals surface area contributed by atoms with Gasteiger partial charge < -0.3 is 0 Å². The first-order valence-corrected chi connectivity index (χ1v) is 5.95. The van der Waals surface area contributed by atoms with Gasteiger partial charge >= 0.3 is 111 Å². The molecule has 0 fully saturated rings. The molecule has 1 unspecified atom stereocenters. The Hall–Kier alpha value is -1.40. The van der Waals surface area contributed by atoms with Crippen molar-refractivity contribution in [1.29, 1.82) is 0 Å². The van der Waals surface area contributed by atoms with Crippen LogP contribution in [0.3, 0.4) is 0 Å². The van der Waals surface area contributed by atoms with Gasteiger partial charge in [-0.05, 0) is 0 Å². The van der Waals surface area contributed by atoms with E-state index in [1.54, 1.807) is 0 Å². The molecule has 0 bridgehead atoms. The van der Waals surface area contributed by atoms with E-state index >= 15 is 0 Å². The first-order chi connectivity index (χ1) is 8.33. The molecule has 3 rings (SSSR count). The number of hydrogen-bond acceptors (Lipinski definition) is 0. The molecule has 0 amide bonds. The summed E-state index contributed by atoms with van der Waals surface area (Å²) in [6, 6.07) is 15.1. The van der Waals surface area contributed by atoms with E-state index < -0.39 is 0 Å². The summed E-state index contributed by atoms with van der Waals surface area (Å²) < 4.78 is 1.35. The second kappa shape index (κ2) is 4.12. The zero-order valence-electron chi connectivity index (χ0n) is 9.90. The number of terminal acetylenes is 1. The summed E-state index contributed by atoms with van der Waals surface area (Å²) in [7, 11) is 0. The molecule has 76 valence electrons. The third-order valence-electron chi connectivity index (χ3n) is 3.62. The molecule has 1 aliphatic rings. The first kappa shape index (κ1) is 10.7. The average molecular weight is 210 g/mol. The molecule has 0 nitrogen and oxygen atoms in total. The third-order valence-corrected chi connectivity index (χ3v) is 3.62. The summed E-state index contributed by atoms with van der Waals surface area (Å²) in [6.07, 6.45) is 6.31. The van der Waals surface area contributed by atoms with Crippen molar-refractivity contribution in [3.05, 3.63) is 53.6 Å². The van der Waals surface area contributed by atoms with Crippen LogP contribution in [0.5, 0.6) is 0 Å². The Balaban J connectivity index is 2.30. The van der Waals surface area contributed by atoms with Gasteiger partial charge in [0.05, 0.1) is 0 Å². The Morgan fingerprint density at radius 2 is 1.82 bits per heavy atom. The topological polar surface area (TPSA) is 0 Å². The fourth-order valence-corrected chi connectivity index (χ4v) is 2.91. The van der Waals surface area contributed by atoms with Gasteiger partial charge in [-0.3, -0.25) is 0 Å². The number of rotatable bonds is 1. The predicted molar refractivity (Wildman–Crippen MR) is 72.6 cm³/mol. The summed E-state index contributed by atoms with van der Waals surface area (Å²) in [5, 5.41) is 0. The van der Waals surface area contributed by atoms with Crippen molar-refractivity contribution in [2.24, 2.45) is 0 Å². The van der Waals surface area contributed by atoms with Crippen LogP contribution in [0.2, 0.25) is 0 Å². The van der Waals surface area contributed by atoms with Crippen LogP contribution in [0, 0.1) is 12.3 Å². The second-order valence-electron chi connectivity index (χ2n) is 4.58. The Morgan fingerprint density at radius 3 is 2.65 bits per heavy atom. The molecule has 1 heteroatoms. The van der Waals surface area contributed by atoms with Gasteiger partial charge in [0.25, 0.3) is 0 Å². The molecular formula is C16H11Li. The molecule has 0 heterocycles. The average Bonchev–Trinajstić information content (AvgIpc) is 2.67. The summed E-state index contributed by atoms with van der Waals surface area (Å²) in [5.41, 5.74) is 5.52. The molecule has 0 N–H and O–H groups in total. The maximum absolute atomic E-state index is 5.52. The Morgan fingerprint density at radius 1 is 1.06 bits per heavy atom. The molecule has 0 saturated carbocycles. The standard InChI is InChI=1S/C16H11.Li/c1-2-7-12-13-8-3-5-10-15(13)16-11-6-4-9-14(12)16;/h1,3-6,8,10-12H,7H2;. The fourth-order valence-electron chi connectivity index (χ4n) is 2.91. The van der Waals surface area contributed by atoms with E-state index in [1.807, 2.05) is 0 Å². The van der Waals surface area contributed by atoms with E-state index in [4.69, 9.17) is 6.42 Å². The summed E-state index contributed by atoms with van der Waals surface area (Å²) in [6.45, 7) is 0. The van der Waals surface area contributed by atoms with Crippen LogP contribution in [-0.2, 0) is 0 Å². The van der Waals surface area contributed by atoms with Gasteiger partial charge in [0.2, 0.25) is 0 Å². The minimum atomic E-state index is 0.382. The molecule has 0 saturated heterocycles. The normalized spacial score (nSPS) is 16.2. The van der Waals surface area contributed by atoms with Crippen LogP contribution in [0.15, 0.2) is 42.5 Å². The molecule has 0 radical (unpaired) electrons. The van der Waals surface area contributed by atoms with Crippen molar-refractivity contribution >= 4 is 22.0 Å². The van der Waals surface area contributed by atoms with Crippen LogP contribution in [0.25, 0.3) is 11.1 Å². The van der Waals surface area contributed by atoms with Gasteiger partial charge in [-0.2, -0.15) is 0 Å². The summed E-state index contributed by atoms with van der Waals surface area (Å²) in [5.74, 6) is 3.20. The molecule has 17 heavy (non-hydrogen) atoms. The predicted octanol–water partition coefficient (Wildman–Crippen LogP) is 2.62. The Labute approximate surface area is 111 Å². The fraction of sp³-hybridized carbons (Fsp3) is 0.125. The molecule has 1 atom stereocenters. The van der Waals surface area contributed by atoms with E-state index in [2.05, 4.69) is 66.1 Å². The van der Waals surface area contributed by atoms with Gasteiger partial charge in [-0.15, -0.1) is 0 Å². The zero-order valence-corrected chi connectivity index (χ0v) is 9.90. The van der Waals surface area contributed by atoms with E-state index in [-0.39, 0.29) is 0 Å². The maximum atomic E-state index is 5.52. The van der Waals surface area contributed by atoms with E-state index in [0.717, 1.165) is 6.42 Å². The number of benzene rings is 2. The van der Waals surface area contributed by atoms with Crippen molar-refractivity contribution in [2.45, 2.75) is 12.3 Å². The molecule has 1 aliphatic carbocycles. The van der Waals surface area contributed by atoms with Crippen LogP contribution >= 0.6 is 0 Å².